The van der Waals surface area contributed by atoms with Gasteiger partial charge in [-0.15, -0.1) is 11.8 Å². The van der Waals surface area contributed by atoms with Crippen LogP contribution in [0.3, 0.4) is 0 Å². The average molecular weight is 207 g/mol. The fourth-order valence-corrected chi connectivity index (χ4v) is 3.51. The van der Waals surface area contributed by atoms with Crippen molar-refractivity contribution in [2.75, 3.05) is 6.54 Å². The Morgan fingerprint density at radius 2 is 2.21 bits per heavy atom. The minimum atomic E-state index is 0.667. The number of aryl methyl sites for hydroxylation is 1. The summed E-state index contributed by atoms with van der Waals surface area (Å²) in [5.74, 6) is 0.667. The summed E-state index contributed by atoms with van der Waals surface area (Å²) in [6.07, 6.45) is 1.12. The third-order valence-corrected chi connectivity index (χ3v) is 4.25. The van der Waals surface area contributed by atoms with Gasteiger partial charge in [0.2, 0.25) is 0 Å². The average Bonchev–Trinajstić information content (AvgIpc) is 2.45. The first-order valence-corrected chi connectivity index (χ1v) is 6.07. The lowest BCUT2D eigenvalue weighted by Crippen LogP contribution is -2.12. The van der Waals surface area contributed by atoms with Crippen LogP contribution in [0.15, 0.2) is 23.1 Å². The summed E-state index contributed by atoms with van der Waals surface area (Å²) in [7, 11) is 0. The Labute approximate surface area is 90.1 Å². The van der Waals surface area contributed by atoms with Crippen molar-refractivity contribution < 1.29 is 0 Å². The maximum atomic E-state index is 5.66. The lowest BCUT2D eigenvalue weighted by Gasteiger charge is -2.14. The maximum absolute atomic E-state index is 5.66. The molecule has 76 valence electrons. The monoisotopic (exact) mass is 207 g/mol. The molecule has 1 heterocycles. The molecule has 14 heavy (non-hydrogen) atoms. The van der Waals surface area contributed by atoms with Crippen molar-refractivity contribution in [1.82, 2.24) is 0 Å². The highest BCUT2D eigenvalue weighted by atomic mass is 32.2. The highest BCUT2D eigenvalue weighted by Gasteiger charge is 2.29. The summed E-state index contributed by atoms with van der Waals surface area (Å²) in [6.45, 7) is 5.26. The van der Waals surface area contributed by atoms with Gasteiger partial charge in [0.1, 0.15) is 0 Å². The number of thioether (sulfide) groups is 1. The molecule has 2 atom stereocenters. The second-order valence-electron chi connectivity index (χ2n) is 4.05. The van der Waals surface area contributed by atoms with E-state index in [-0.39, 0.29) is 0 Å². The molecule has 0 saturated carbocycles. The molecule has 1 aliphatic heterocycles. The van der Waals surface area contributed by atoms with E-state index in [2.05, 4.69) is 32.0 Å². The summed E-state index contributed by atoms with van der Waals surface area (Å²) < 4.78 is 0. The Balaban J connectivity index is 2.34. The van der Waals surface area contributed by atoms with Crippen molar-refractivity contribution in [3.63, 3.8) is 0 Å². The Bertz CT molecular complexity index is 335. The molecule has 1 aromatic rings. The van der Waals surface area contributed by atoms with E-state index in [1.54, 1.807) is 0 Å². The predicted molar refractivity (Wildman–Crippen MR) is 62.9 cm³/mol. The van der Waals surface area contributed by atoms with Crippen LogP contribution in [0.2, 0.25) is 0 Å². The molecule has 0 saturated heterocycles. The molecule has 1 aromatic carbocycles. The molecule has 2 rings (SSSR count). The number of hydrogen-bond donors (Lipinski definition) is 1. The maximum Gasteiger partial charge on any atom is 0.0136 e. The van der Waals surface area contributed by atoms with Crippen LogP contribution < -0.4 is 5.73 Å². The first-order valence-electron chi connectivity index (χ1n) is 5.19. The van der Waals surface area contributed by atoms with E-state index >= 15 is 0 Å². The lowest BCUT2D eigenvalue weighted by atomic mass is 9.92. The molecular formula is C12H17NS. The van der Waals surface area contributed by atoms with Gasteiger partial charge in [-0.2, -0.15) is 0 Å². The Kier molecular flexibility index (Phi) is 2.84. The van der Waals surface area contributed by atoms with Gasteiger partial charge in [-0.25, -0.2) is 0 Å². The van der Waals surface area contributed by atoms with E-state index in [4.69, 9.17) is 5.73 Å². The number of nitrogens with two attached hydrogens (primary N) is 1. The fraction of sp³-hybridized carbons (Fsp3) is 0.500. The highest BCUT2D eigenvalue weighted by molar-refractivity contribution is 8.00. The number of benzene rings is 1. The van der Waals surface area contributed by atoms with Gasteiger partial charge in [0.15, 0.2) is 0 Å². The molecule has 2 heteroatoms. The quantitative estimate of drug-likeness (QED) is 0.807. The third-order valence-electron chi connectivity index (χ3n) is 2.92. The van der Waals surface area contributed by atoms with Gasteiger partial charge in [-0.3, -0.25) is 0 Å². The molecule has 0 bridgehead atoms. The van der Waals surface area contributed by atoms with E-state index in [9.17, 15) is 0 Å². The Morgan fingerprint density at radius 3 is 2.93 bits per heavy atom. The second-order valence-corrected chi connectivity index (χ2v) is 5.47. The molecule has 0 aliphatic carbocycles. The minimum Gasteiger partial charge on any atom is -0.330 e. The summed E-state index contributed by atoms with van der Waals surface area (Å²) in [5.41, 5.74) is 8.54. The van der Waals surface area contributed by atoms with Crippen molar-refractivity contribution in [1.29, 1.82) is 0 Å². The highest BCUT2D eigenvalue weighted by Crippen LogP contribution is 2.46. The van der Waals surface area contributed by atoms with E-state index in [0.717, 1.165) is 13.0 Å². The Morgan fingerprint density at radius 1 is 1.43 bits per heavy atom. The first kappa shape index (κ1) is 10.1. The minimum absolute atomic E-state index is 0.667. The van der Waals surface area contributed by atoms with Gasteiger partial charge >= 0.3 is 0 Å². The number of hydrogen-bond acceptors (Lipinski definition) is 2. The van der Waals surface area contributed by atoms with Crippen molar-refractivity contribution in [3.8, 4) is 0 Å². The fourth-order valence-electron chi connectivity index (χ4n) is 2.17. The molecule has 2 N–H and O–H groups in total. The lowest BCUT2D eigenvalue weighted by molar-refractivity contribution is 0.632. The van der Waals surface area contributed by atoms with Gasteiger partial charge in [0.25, 0.3) is 0 Å². The molecular weight excluding hydrogens is 190 g/mol. The molecule has 1 aliphatic rings. The summed E-state index contributed by atoms with van der Waals surface area (Å²) >= 11 is 1.99. The molecule has 0 fully saturated rings. The van der Waals surface area contributed by atoms with Crippen LogP contribution in [-0.2, 0) is 0 Å². The van der Waals surface area contributed by atoms with Gasteiger partial charge in [0.05, 0.1) is 0 Å². The SMILES string of the molecule is Cc1ccc2c(c1)C(CCN)C(C)S2. The van der Waals surface area contributed by atoms with Crippen LogP contribution in [0.4, 0.5) is 0 Å². The normalized spacial score (nSPS) is 25.1. The van der Waals surface area contributed by atoms with Crippen LogP contribution in [-0.4, -0.2) is 11.8 Å². The van der Waals surface area contributed by atoms with Gasteiger partial charge in [-0.1, -0.05) is 24.6 Å². The van der Waals surface area contributed by atoms with Crippen molar-refractivity contribution >= 4 is 11.8 Å². The van der Waals surface area contributed by atoms with Crippen LogP contribution >= 0.6 is 11.8 Å². The van der Waals surface area contributed by atoms with Crippen LogP contribution in [0, 0.1) is 6.92 Å². The number of rotatable bonds is 2. The zero-order valence-electron chi connectivity index (χ0n) is 8.79. The largest absolute Gasteiger partial charge is 0.330 e. The summed E-state index contributed by atoms with van der Waals surface area (Å²) in [5, 5.41) is 0.690. The summed E-state index contributed by atoms with van der Waals surface area (Å²) in [4.78, 5) is 1.46. The van der Waals surface area contributed by atoms with E-state index in [0.29, 0.717) is 11.2 Å². The second kappa shape index (κ2) is 3.95. The van der Waals surface area contributed by atoms with Gasteiger partial charge in [0, 0.05) is 10.1 Å². The molecule has 2 unspecified atom stereocenters. The van der Waals surface area contributed by atoms with E-state index in [1.807, 2.05) is 11.8 Å². The van der Waals surface area contributed by atoms with Crippen molar-refractivity contribution in [2.45, 2.75) is 36.3 Å². The zero-order valence-corrected chi connectivity index (χ0v) is 9.60. The first-order chi connectivity index (χ1) is 6.72. The van der Waals surface area contributed by atoms with Crippen LogP contribution in [0.5, 0.6) is 0 Å². The van der Waals surface area contributed by atoms with Gasteiger partial charge in [-0.05, 0) is 37.4 Å². The van der Waals surface area contributed by atoms with Gasteiger partial charge < -0.3 is 5.73 Å². The molecule has 0 spiro atoms. The third kappa shape index (κ3) is 1.69. The Hall–Kier alpha value is -0.470. The molecule has 0 radical (unpaired) electrons. The van der Waals surface area contributed by atoms with Crippen molar-refractivity contribution in [2.24, 2.45) is 5.73 Å². The predicted octanol–water partition coefficient (Wildman–Crippen LogP) is 2.92. The molecule has 0 aromatic heterocycles. The summed E-state index contributed by atoms with van der Waals surface area (Å²) in [6, 6.07) is 6.78. The zero-order chi connectivity index (χ0) is 10.1. The van der Waals surface area contributed by atoms with Crippen LogP contribution in [0.1, 0.15) is 30.4 Å². The van der Waals surface area contributed by atoms with E-state index < -0.39 is 0 Å². The van der Waals surface area contributed by atoms with E-state index in [1.165, 1.54) is 16.0 Å². The van der Waals surface area contributed by atoms with Crippen LogP contribution in [0.25, 0.3) is 0 Å². The topological polar surface area (TPSA) is 26.0 Å². The number of fused-ring (bicyclic) bond motifs is 1. The standard InChI is InChI=1S/C12H17NS/c1-8-3-4-12-11(7-8)10(5-6-13)9(2)14-12/h3-4,7,9-10H,5-6,13H2,1-2H3. The smallest absolute Gasteiger partial charge is 0.0136 e. The molecule has 0 amide bonds. The van der Waals surface area contributed by atoms with Crippen molar-refractivity contribution in [3.05, 3.63) is 29.3 Å². The molecule has 1 nitrogen and oxygen atoms in total.